The predicted molar refractivity (Wildman–Crippen MR) is 110 cm³/mol. The van der Waals surface area contributed by atoms with Crippen LogP contribution in [0.1, 0.15) is 57.8 Å². The van der Waals surface area contributed by atoms with Crippen LogP contribution in [0.5, 0.6) is 17.2 Å². The molecule has 7 heteroatoms. The lowest BCUT2D eigenvalue weighted by molar-refractivity contribution is -0.147. The summed E-state index contributed by atoms with van der Waals surface area (Å²) in [4.78, 5) is 27.2. The first-order chi connectivity index (χ1) is 14.0. The Morgan fingerprint density at radius 1 is 0.966 bits per heavy atom. The van der Waals surface area contributed by atoms with E-state index < -0.39 is 0 Å². The van der Waals surface area contributed by atoms with Gasteiger partial charge in [-0.3, -0.25) is 9.59 Å². The third kappa shape index (κ3) is 6.02. The minimum absolute atomic E-state index is 0.145. The minimum Gasteiger partial charge on any atom is -0.490 e. The van der Waals surface area contributed by atoms with Crippen LogP contribution in [0, 0.1) is 5.92 Å². The molecule has 0 aromatic heterocycles. The molecule has 1 aliphatic carbocycles. The van der Waals surface area contributed by atoms with E-state index in [0.29, 0.717) is 55.8 Å². The number of carbonyl (C=O) groups is 2. The van der Waals surface area contributed by atoms with Crippen molar-refractivity contribution < 1.29 is 28.5 Å². The van der Waals surface area contributed by atoms with Crippen molar-refractivity contribution in [2.24, 2.45) is 5.92 Å². The molecule has 7 nitrogen and oxygen atoms in total. The highest BCUT2D eigenvalue weighted by molar-refractivity contribution is 5.96. The normalized spacial score (nSPS) is 14.1. The fourth-order valence-electron chi connectivity index (χ4n) is 3.12. The van der Waals surface area contributed by atoms with Gasteiger partial charge in [-0.05, 0) is 52.7 Å². The van der Waals surface area contributed by atoms with Gasteiger partial charge < -0.3 is 23.8 Å². The molecule has 1 saturated carbocycles. The number of rotatable bonds is 12. The van der Waals surface area contributed by atoms with Gasteiger partial charge in [-0.1, -0.05) is 6.92 Å². The molecule has 0 spiro atoms. The first-order valence-electron chi connectivity index (χ1n) is 10.5. The van der Waals surface area contributed by atoms with Gasteiger partial charge in [-0.25, -0.2) is 0 Å². The third-order valence-electron chi connectivity index (χ3n) is 4.56. The average molecular weight is 408 g/mol. The van der Waals surface area contributed by atoms with E-state index in [1.54, 1.807) is 30.9 Å². The molecule has 0 aliphatic heterocycles. The molecule has 1 fully saturated rings. The smallest absolute Gasteiger partial charge is 0.310 e. The zero-order valence-corrected chi connectivity index (χ0v) is 18.2. The second-order valence-corrected chi connectivity index (χ2v) is 6.94. The molecule has 1 aliphatic rings. The minimum atomic E-state index is -0.389. The Morgan fingerprint density at radius 3 is 1.97 bits per heavy atom. The topological polar surface area (TPSA) is 74.3 Å². The van der Waals surface area contributed by atoms with Crippen molar-refractivity contribution in [1.29, 1.82) is 0 Å². The van der Waals surface area contributed by atoms with Crippen LogP contribution in [-0.2, 0) is 9.53 Å². The van der Waals surface area contributed by atoms with Gasteiger partial charge in [0, 0.05) is 18.2 Å². The number of nitrogens with zero attached hydrogens (tertiary/aromatic N) is 1. The van der Waals surface area contributed by atoms with Gasteiger partial charge in [-0.2, -0.15) is 0 Å². The van der Waals surface area contributed by atoms with Gasteiger partial charge in [0.15, 0.2) is 11.5 Å². The van der Waals surface area contributed by atoms with Crippen LogP contribution in [0.4, 0.5) is 0 Å². The molecule has 1 unspecified atom stereocenters. The lowest BCUT2D eigenvalue weighted by Crippen LogP contribution is -2.39. The third-order valence-corrected chi connectivity index (χ3v) is 4.56. The molecule has 1 atom stereocenters. The number of benzene rings is 1. The summed E-state index contributed by atoms with van der Waals surface area (Å²) in [5.74, 6) is 0.650. The Bertz CT molecular complexity index is 674. The zero-order chi connectivity index (χ0) is 21.4. The maximum Gasteiger partial charge on any atom is 0.310 e. The van der Waals surface area contributed by atoms with E-state index in [4.69, 9.17) is 18.9 Å². The van der Waals surface area contributed by atoms with E-state index in [2.05, 4.69) is 0 Å². The van der Waals surface area contributed by atoms with Crippen LogP contribution in [0.2, 0.25) is 0 Å². The Balaban J connectivity index is 2.33. The van der Waals surface area contributed by atoms with Crippen molar-refractivity contribution in [3.8, 4) is 17.2 Å². The molecule has 1 aromatic rings. The fourth-order valence-corrected chi connectivity index (χ4v) is 3.12. The molecule has 2 rings (SSSR count). The molecule has 1 amide bonds. The molecular formula is C22H33NO6. The Morgan fingerprint density at radius 2 is 1.52 bits per heavy atom. The number of amides is 1. The predicted octanol–water partition coefficient (Wildman–Crippen LogP) is 3.69. The highest BCUT2D eigenvalue weighted by atomic mass is 16.5. The van der Waals surface area contributed by atoms with Crippen molar-refractivity contribution in [3.05, 3.63) is 17.7 Å². The first kappa shape index (κ1) is 22.8. The first-order valence-corrected chi connectivity index (χ1v) is 10.5. The van der Waals surface area contributed by atoms with Gasteiger partial charge >= 0.3 is 5.97 Å². The molecule has 29 heavy (non-hydrogen) atoms. The Kier molecular flexibility index (Phi) is 8.61. The van der Waals surface area contributed by atoms with Gasteiger partial charge in [0.05, 0.1) is 32.3 Å². The van der Waals surface area contributed by atoms with Crippen molar-refractivity contribution >= 4 is 11.9 Å². The largest absolute Gasteiger partial charge is 0.490 e. The van der Waals surface area contributed by atoms with Crippen molar-refractivity contribution in [2.45, 2.75) is 53.5 Å². The highest BCUT2D eigenvalue weighted by Crippen LogP contribution is 2.40. The molecule has 0 bridgehead atoms. The Labute approximate surface area is 173 Å². The second-order valence-electron chi connectivity index (χ2n) is 6.94. The number of esters is 1. The van der Waals surface area contributed by atoms with Crippen molar-refractivity contribution in [3.63, 3.8) is 0 Å². The van der Waals surface area contributed by atoms with Crippen LogP contribution in [0.25, 0.3) is 0 Å². The van der Waals surface area contributed by atoms with E-state index in [9.17, 15) is 9.59 Å². The summed E-state index contributed by atoms with van der Waals surface area (Å²) in [5.41, 5.74) is 0.461. The monoisotopic (exact) mass is 407 g/mol. The average Bonchev–Trinajstić information content (AvgIpc) is 3.53. The summed E-state index contributed by atoms with van der Waals surface area (Å²) in [7, 11) is 0. The molecule has 162 valence electrons. The lowest BCUT2D eigenvalue weighted by Gasteiger charge is -2.26. The van der Waals surface area contributed by atoms with Gasteiger partial charge in [0.25, 0.3) is 5.91 Å². The summed E-state index contributed by atoms with van der Waals surface area (Å²) >= 11 is 0. The van der Waals surface area contributed by atoms with Crippen molar-refractivity contribution in [1.82, 2.24) is 4.90 Å². The summed E-state index contributed by atoms with van der Waals surface area (Å²) in [5, 5.41) is 0. The highest BCUT2D eigenvalue weighted by Gasteiger charge is 2.36. The standard InChI is InChI=1S/C22H33NO6/c1-6-26-18-12-16(13-19(27-7-2)20(18)28-8-3)21(24)23(17-10-11-17)14-15(5)22(25)29-9-4/h12-13,15,17H,6-11,14H2,1-5H3. The van der Waals surface area contributed by atoms with Gasteiger partial charge in [-0.15, -0.1) is 0 Å². The van der Waals surface area contributed by atoms with Crippen LogP contribution in [0.15, 0.2) is 12.1 Å². The SMILES string of the molecule is CCOC(=O)C(C)CN(C(=O)c1cc(OCC)c(OCC)c(OCC)c1)C1CC1. The molecule has 0 N–H and O–H groups in total. The van der Waals surface area contributed by atoms with E-state index in [-0.39, 0.29) is 23.8 Å². The quantitative estimate of drug-likeness (QED) is 0.492. The summed E-state index contributed by atoms with van der Waals surface area (Å²) < 4.78 is 22.3. The number of carbonyl (C=O) groups excluding carboxylic acids is 2. The van der Waals surface area contributed by atoms with Gasteiger partial charge in [0.1, 0.15) is 0 Å². The number of ether oxygens (including phenoxy) is 4. The summed E-state index contributed by atoms with van der Waals surface area (Å²) in [6.45, 7) is 11.2. The van der Waals surface area contributed by atoms with Crippen molar-refractivity contribution in [2.75, 3.05) is 33.0 Å². The van der Waals surface area contributed by atoms with Crippen LogP contribution < -0.4 is 14.2 Å². The molecule has 0 radical (unpaired) electrons. The lowest BCUT2D eigenvalue weighted by atomic mass is 10.1. The zero-order valence-electron chi connectivity index (χ0n) is 18.2. The summed E-state index contributed by atoms with van der Waals surface area (Å²) in [6, 6.07) is 3.55. The summed E-state index contributed by atoms with van der Waals surface area (Å²) in [6.07, 6.45) is 1.88. The Hall–Kier alpha value is -2.44. The van der Waals surface area contributed by atoms with Crippen LogP contribution in [0.3, 0.4) is 0 Å². The van der Waals surface area contributed by atoms with E-state index in [1.807, 2.05) is 20.8 Å². The molecule has 1 aromatic carbocycles. The van der Waals surface area contributed by atoms with Crippen LogP contribution in [-0.4, -0.2) is 55.8 Å². The van der Waals surface area contributed by atoms with E-state index in [1.165, 1.54) is 0 Å². The maximum absolute atomic E-state index is 13.3. The number of hydrogen-bond acceptors (Lipinski definition) is 6. The van der Waals surface area contributed by atoms with Gasteiger partial charge in [0.2, 0.25) is 5.75 Å². The second kappa shape index (κ2) is 10.9. The van der Waals surface area contributed by atoms with E-state index in [0.717, 1.165) is 12.8 Å². The fraction of sp³-hybridized carbons (Fsp3) is 0.636. The molecule has 0 saturated heterocycles. The maximum atomic E-state index is 13.3. The van der Waals surface area contributed by atoms with Crippen LogP contribution >= 0.6 is 0 Å². The molecular weight excluding hydrogens is 374 g/mol. The molecule has 0 heterocycles. The number of hydrogen-bond donors (Lipinski definition) is 0. The van der Waals surface area contributed by atoms with E-state index >= 15 is 0 Å².